The van der Waals surface area contributed by atoms with E-state index in [-0.39, 0.29) is 5.91 Å². The molecule has 0 spiro atoms. The molecule has 1 saturated heterocycles. The molecule has 0 radical (unpaired) electrons. The molecule has 168 valence electrons. The van der Waals surface area contributed by atoms with E-state index in [4.69, 9.17) is 9.47 Å². The van der Waals surface area contributed by atoms with Gasteiger partial charge in [-0.3, -0.25) is 14.7 Å². The number of morpholine rings is 1. The van der Waals surface area contributed by atoms with Crippen molar-refractivity contribution in [2.75, 3.05) is 39.5 Å². The molecule has 1 amide bonds. The third-order valence-electron chi connectivity index (χ3n) is 5.71. The van der Waals surface area contributed by atoms with Gasteiger partial charge in [0.05, 0.1) is 30.7 Å². The zero-order valence-corrected chi connectivity index (χ0v) is 18.7. The SMILES string of the molecule is Cc1cc(C(=O)NCc2cccc(OCCN3CCOCC3)c2)c(C)n1-c1cccnc1. The first-order valence-electron chi connectivity index (χ1n) is 11.0. The molecule has 0 unspecified atom stereocenters. The van der Waals surface area contributed by atoms with Crippen molar-refractivity contribution in [3.63, 3.8) is 0 Å². The van der Waals surface area contributed by atoms with E-state index < -0.39 is 0 Å². The molecule has 1 aliphatic heterocycles. The molecule has 4 rings (SSSR count). The zero-order chi connectivity index (χ0) is 22.3. The third kappa shape index (κ3) is 5.36. The van der Waals surface area contributed by atoms with Crippen molar-refractivity contribution in [2.24, 2.45) is 0 Å². The Kier molecular flexibility index (Phi) is 7.19. The molecule has 0 aliphatic carbocycles. The largest absolute Gasteiger partial charge is 0.492 e. The maximum absolute atomic E-state index is 12.9. The molecule has 1 fully saturated rings. The first kappa shape index (κ1) is 22.0. The van der Waals surface area contributed by atoms with Crippen molar-refractivity contribution in [1.29, 1.82) is 0 Å². The van der Waals surface area contributed by atoms with Crippen LogP contribution >= 0.6 is 0 Å². The Bertz CT molecular complexity index is 1040. The van der Waals surface area contributed by atoms with Gasteiger partial charge < -0.3 is 19.4 Å². The van der Waals surface area contributed by atoms with E-state index in [9.17, 15) is 4.79 Å². The first-order chi connectivity index (χ1) is 15.6. The molecular weight excluding hydrogens is 404 g/mol. The van der Waals surface area contributed by atoms with Crippen LogP contribution in [-0.2, 0) is 11.3 Å². The zero-order valence-electron chi connectivity index (χ0n) is 18.7. The van der Waals surface area contributed by atoms with Gasteiger partial charge in [-0.05, 0) is 49.7 Å². The Balaban J connectivity index is 1.34. The van der Waals surface area contributed by atoms with Gasteiger partial charge in [-0.15, -0.1) is 0 Å². The summed E-state index contributed by atoms with van der Waals surface area (Å²) in [6.07, 6.45) is 3.54. The van der Waals surface area contributed by atoms with Gasteiger partial charge in [-0.2, -0.15) is 0 Å². The van der Waals surface area contributed by atoms with Crippen molar-refractivity contribution in [3.8, 4) is 11.4 Å². The third-order valence-corrected chi connectivity index (χ3v) is 5.71. The number of carbonyl (C=O) groups excluding carboxylic acids is 1. The number of hydrogen-bond acceptors (Lipinski definition) is 5. The summed E-state index contributed by atoms with van der Waals surface area (Å²) in [4.78, 5) is 19.4. The minimum atomic E-state index is -0.0909. The fourth-order valence-electron chi connectivity index (χ4n) is 4.02. The summed E-state index contributed by atoms with van der Waals surface area (Å²) < 4.78 is 13.3. The second-order valence-corrected chi connectivity index (χ2v) is 7.96. The van der Waals surface area contributed by atoms with Gasteiger partial charge in [0, 0.05) is 43.8 Å². The lowest BCUT2D eigenvalue weighted by Gasteiger charge is -2.26. The van der Waals surface area contributed by atoms with E-state index in [2.05, 4.69) is 15.2 Å². The lowest BCUT2D eigenvalue weighted by Crippen LogP contribution is -2.38. The quantitative estimate of drug-likeness (QED) is 0.590. The maximum Gasteiger partial charge on any atom is 0.253 e. The van der Waals surface area contributed by atoms with Crippen LogP contribution in [0.15, 0.2) is 54.9 Å². The van der Waals surface area contributed by atoms with Gasteiger partial charge in [0.2, 0.25) is 0 Å². The molecule has 1 N–H and O–H groups in total. The van der Waals surface area contributed by atoms with Gasteiger partial charge in [0.15, 0.2) is 0 Å². The van der Waals surface area contributed by atoms with Crippen LogP contribution in [0.4, 0.5) is 0 Å². The molecule has 3 aromatic rings. The highest BCUT2D eigenvalue weighted by Gasteiger charge is 2.16. The Labute approximate surface area is 189 Å². The lowest BCUT2D eigenvalue weighted by molar-refractivity contribution is 0.0322. The van der Waals surface area contributed by atoms with Gasteiger partial charge in [-0.25, -0.2) is 0 Å². The highest BCUT2D eigenvalue weighted by Crippen LogP contribution is 2.20. The fourth-order valence-corrected chi connectivity index (χ4v) is 4.02. The number of pyridine rings is 1. The van der Waals surface area contributed by atoms with Crippen LogP contribution in [0.2, 0.25) is 0 Å². The standard InChI is InChI=1S/C25H30N4O3/c1-19-15-24(20(2)29(19)22-6-4-8-26-18-22)25(30)27-17-21-5-3-7-23(16-21)32-14-11-28-9-12-31-13-10-28/h3-8,15-16,18H,9-14,17H2,1-2H3,(H,27,30). The van der Waals surface area contributed by atoms with Crippen molar-refractivity contribution in [2.45, 2.75) is 20.4 Å². The van der Waals surface area contributed by atoms with E-state index >= 15 is 0 Å². The molecule has 1 aliphatic rings. The molecule has 2 aromatic heterocycles. The van der Waals surface area contributed by atoms with E-state index in [0.717, 1.165) is 61.2 Å². The molecule has 32 heavy (non-hydrogen) atoms. The number of hydrogen-bond donors (Lipinski definition) is 1. The number of nitrogens with zero attached hydrogens (tertiary/aromatic N) is 3. The summed E-state index contributed by atoms with van der Waals surface area (Å²) in [5.41, 5.74) is 4.51. The van der Waals surface area contributed by atoms with Crippen LogP contribution in [0.3, 0.4) is 0 Å². The Morgan fingerprint density at radius 2 is 2.00 bits per heavy atom. The molecule has 3 heterocycles. The summed E-state index contributed by atoms with van der Waals surface area (Å²) in [5, 5.41) is 3.04. The average molecular weight is 435 g/mol. The molecule has 0 atom stereocenters. The summed E-state index contributed by atoms with van der Waals surface area (Å²) in [7, 11) is 0. The van der Waals surface area contributed by atoms with Crippen LogP contribution in [0.5, 0.6) is 5.75 Å². The maximum atomic E-state index is 12.9. The second-order valence-electron chi connectivity index (χ2n) is 7.96. The van der Waals surface area contributed by atoms with E-state index in [1.807, 2.05) is 60.9 Å². The predicted octanol–water partition coefficient (Wildman–Crippen LogP) is 3.13. The average Bonchev–Trinajstić information content (AvgIpc) is 3.13. The fraction of sp³-hybridized carbons (Fsp3) is 0.360. The van der Waals surface area contributed by atoms with E-state index in [1.54, 1.807) is 12.4 Å². The highest BCUT2D eigenvalue weighted by atomic mass is 16.5. The number of nitrogens with one attached hydrogen (secondary N) is 1. The number of aromatic nitrogens is 2. The Hall–Kier alpha value is -3.16. The van der Waals surface area contributed by atoms with Crippen molar-refractivity contribution < 1.29 is 14.3 Å². The monoisotopic (exact) mass is 434 g/mol. The number of aryl methyl sites for hydroxylation is 1. The van der Waals surface area contributed by atoms with Crippen LogP contribution < -0.4 is 10.1 Å². The molecule has 7 nitrogen and oxygen atoms in total. The molecule has 0 bridgehead atoms. The highest BCUT2D eigenvalue weighted by molar-refractivity contribution is 5.95. The summed E-state index contributed by atoms with van der Waals surface area (Å²) in [5.74, 6) is 0.728. The molecule has 7 heteroatoms. The van der Waals surface area contributed by atoms with E-state index in [1.165, 1.54) is 0 Å². The lowest BCUT2D eigenvalue weighted by atomic mass is 10.2. The number of ether oxygens (including phenoxy) is 2. The number of benzene rings is 1. The van der Waals surface area contributed by atoms with Crippen molar-refractivity contribution in [1.82, 2.24) is 19.8 Å². The number of carbonyl (C=O) groups is 1. The topological polar surface area (TPSA) is 68.6 Å². The van der Waals surface area contributed by atoms with Gasteiger partial charge >= 0.3 is 0 Å². The van der Waals surface area contributed by atoms with Crippen molar-refractivity contribution in [3.05, 3.63) is 77.4 Å². The summed E-state index contributed by atoms with van der Waals surface area (Å²) >= 11 is 0. The number of rotatable bonds is 8. The van der Waals surface area contributed by atoms with Gasteiger partial charge in [0.1, 0.15) is 12.4 Å². The first-order valence-corrected chi connectivity index (χ1v) is 11.0. The Morgan fingerprint density at radius 1 is 1.16 bits per heavy atom. The minimum absolute atomic E-state index is 0.0909. The van der Waals surface area contributed by atoms with Crippen LogP contribution in [-0.4, -0.2) is 59.8 Å². The second kappa shape index (κ2) is 10.4. The van der Waals surface area contributed by atoms with Crippen LogP contribution in [0.25, 0.3) is 5.69 Å². The van der Waals surface area contributed by atoms with Crippen LogP contribution in [0, 0.1) is 13.8 Å². The molecular formula is C25H30N4O3. The smallest absolute Gasteiger partial charge is 0.253 e. The number of amides is 1. The van der Waals surface area contributed by atoms with E-state index in [0.29, 0.717) is 18.7 Å². The minimum Gasteiger partial charge on any atom is -0.492 e. The van der Waals surface area contributed by atoms with Gasteiger partial charge in [-0.1, -0.05) is 12.1 Å². The predicted molar refractivity (Wildman–Crippen MR) is 123 cm³/mol. The Morgan fingerprint density at radius 3 is 2.78 bits per heavy atom. The van der Waals surface area contributed by atoms with Crippen LogP contribution in [0.1, 0.15) is 27.3 Å². The summed E-state index contributed by atoms with van der Waals surface area (Å²) in [6.45, 7) is 9.41. The van der Waals surface area contributed by atoms with Gasteiger partial charge in [0.25, 0.3) is 5.91 Å². The molecule has 1 aromatic carbocycles. The van der Waals surface area contributed by atoms with Crippen molar-refractivity contribution >= 4 is 5.91 Å². The molecule has 0 saturated carbocycles. The summed E-state index contributed by atoms with van der Waals surface area (Å²) in [6, 6.07) is 13.7. The normalized spacial score (nSPS) is 14.3.